The van der Waals surface area contributed by atoms with E-state index >= 15 is 0 Å². The number of hydrogen-bond acceptors (Lipinski definition) is 3. The molecule has 1 aromatic carbocycles. The van der Waals surface area contributed by atoms with E-state index in [1.54, 1.807) is 25.3 Å². The van der Waals surface area contributed by atoms with Crippen molar-refractivity contribution in [2.75, 3.05) is 13.7 Å². The first-order chi connectivity index (χ1) is 9.03. The van der Waals surface area contributed by atoms with Gasteiger partial charge in [0.25, 0.3) is 0 Å². The minimum absolute atomic E-state index is 0.101. The van der Waals surface area contributed by atoms with Crippen molar-refractivity contribution in [3.63, 3.8) is 0 Å². The highest BCUT2D eigenvalue weighted by atomic mass is 35.5. The topological polar surface area (TPSA) is 55.4 Å². The summed E-state index contributed by atoms with van der Waals surface area (Å²) in [6, 6.07) is 7.07. The van der Waals surface area contributed by atoms with Crippen LogP contribution in [0.1, 0.15) is 18.4 Å². The van der Waals surface area contributed by atoms with Crippen LogP contribution in [0.15, 0.2) is 29.2 Å². The molecule has 1 atom stereocenters. The molecule has 0 aliphatic heterocycles. The normalized spacial score (nSPS) is 17.4. The predicted octanol–water partition coefficient (Wildman–Crippen LogP) is 1.92. The Labute approximate surface area is 119 Å². The monoisotopic (exact) mass is 303 g/mol. The molecule has 0 bridgehead atoms. The molecule has 0 heterocycles. The summed E-state index contributed by atoms with van der Waals surface area (Å²) in [6.45, 7) is 0.395. The van der Waals surface area contributed by atoms with E-state index in [-0.39, 0.29) is 11.4 Å². The first kappa shape index (κ1) is 14.8. The second-order valence-corrected chi connectivity index (χ2v) is 7.06. The number of alkyl halides is 1. The largest absolute Gasteiger partial charge is 0.383 e. The quantitative estimate of drug-likeness (QED) is 0.783. The van der Waals surface area contributed by atoms with Crippen molar-refractivity contribution in [1.82, 2.24) is 4.72 Å². The molecular formula is C13H18ClNO3S. The third kappa shape index (κ3) is 4.18. The lowest BCUT2D eigenvalue weighted by atomic mass is 10.1. The fourth-order valence-electron chi connectivity index (χ4n) is 1.90. The lowest BCUT2D eigenvalue weighted by Gasteiger charge is -2.13. The van der Waals surface area contributed by atoms with E-state index in [1.165, 1.54) is 0 Å². The zero-order valence-corrected chi connectivity index (χ0v) is 12.4. The van der Waals surface area contributed by atoms with Crippen molar-refractivity contribution < 1.29 is 13.2 Å². The lowest BCUT2D eigenvalue weighted by molar-refractivity contribution is 0.197. The first-order valence-corrected chi connectivity index (χ1v) is 8.18. The Morgan fingerprint density at radius 3 is 2.74 bits per heavy atom. The second-order valence-electron chi connectivity index (χ2n) is 4.76. The maximum absolute atomic E-state index is 12.3. The van der Waals surface area contributed by atoms with Crippen molar-refractivity contribution in [2.24, 2.45) is 0 Å². The standard InChI is InChI=1S/C13H18ClNO3S/c1-18-9-11(14)8-10-4-2-3-5-13(10)19(16,17)15-12-6-7-12/h2-5,11-12,15H,6-9H2,1H3. The molecule has 0 saturated heterocycles. The van der Waals surface area contributed by atoms with Crippen LogP contribution in [0.3, 0.4) is 0 Å². The number of benzene rings is 1. The van der Waals surface area contributed by atoms with Crippen LogP contribution < -0.4 is 4.72 Å². The van der Waals surface area contributed by atoms with Crippen LogP contribution >= 0.6 is 11.6 Å². The van der Waals surface area contributed by atoms with Crippen LogP contribution in [-0.2, 0) is 21.2 Å². The van der Waals surface area contributed by atoms with Gasteiger partial charge in [-0.05, 0) is 30.9 Å². The fourth-order valence-corrected chi connectivity index (χ4v) is 3.75. The van der Waals surface area contributed by atoms with Crippen molar-refractivity contribution in [3.05, 3.63) is 29.8 Å². The van der Waals surface area contributed by atoms with Crippen molar-refractivity contribution in [2.45, 2.75) is 35.6 Å². The third-order valence-electron chi connectivity index (χ3n) is 2.95. The predicted molar refractivity (Wildman–Crippen MR) is 75.0 cm³/mol. The molecule has 0 amide bonds. The summed E-state index contributed by atoms with van der Waals surface area (Å²) in [4.78, 5) is 0.323. The highest BCUT2D eigenvalue weighted by Gasteiger charge is 2.29. The molecule has 6 heteroatoms. The fraction of sp³-hybridized carbons (Fsp3) is 0.538. The molecule has 1 aliphatic rings. The molecule has 2 rings (SSSR count). The zero-order valence-electron chi connectivity index (χ0n) is 10.8. The van der Waals surface area contributed by atoms with Crippen LogP contribution in [0.2, 0.25) is 0 Å². The average Bonchev–Trinajstić information content (AvgIpc) is 3.13. The van der Waals surface area contributed by atoms with Crippen LogP contribution in [0.25, 0.3) is 0 Å². The highest BCUT2D eigenvalue weighted by molar-refractivity contribution is 7.89. The average molecular weight is 304 g/mol. The molecule has 0 radical (unpaired) electrons. The Morgan fingerprint density at radius 2 is 2.11 bits per heavy atom. The summed E-state index contributed by atoms with van der Waals surface area (Å²) >= 11 is 6.12. The number of rotatable bonds is 7. The number of sulfonamides is 1. The molecule has 4 nitrogen and oxygen atoms in total. The summed E-state index contributed by atoms with van der Waals surface area (Å²) < 4.78 is 32.2. The molecule has 1 aromatic rings. The molecular weight excluding hydrogens is 286 g/mol. The van der Waals surface area contributed by atoms with Gasteiger partial charge in [-0.2, -0.15) is 0 Å². The number of hydrogen-bond donors (Lipinski definition) is 1. The van der Waals surface area contributed by atoms with Gasteiger partial charge in [0.1, 0.15) is 0 Å². The summed E-state index contributed by atoms with van der Waals surface area (Å²) in [5.74, 6) is 0. The highest BCUT2D eigenvalue weighted by Crippen LogP contribution is 2.24. The Morgan fingerprint density at radius 1 is 1.42 bits per heavy atom. The Kier molecular flexibility index (Phi) is 4.84. The van der Waals surface area contributed by atoms with E-state index in [0.29, 0.717) is 17.9 Å². The van der Waals surface area contributed by atoms with Crippen LogP contribution in [-0.4, -0.2) is 33.6 Å². The number of ether oxygens (including phenoxy) is 1. The second kappa shape index (κ2) is 6.22. The minimum atomic E-state index is -3.44. The molecule has 1 N–H and O–H groups in total. The molecule has 1 fully saturated rings. The molecule has 19 heavy (non-hydrogen) atoms. The van der Waals surface area contributed by atoms with Crippen LogP contribution in [0.5, 0.6) is 0 Å². The molecule has 106 valence electrons. The summed E-state index contributed by atoms with van der Waals surface area (Å²) in [6.07, 6.45) is 2.31. The van der Waals surface area contributed by atoms with Crippen molar-refractivity contribution in [1.29, 1.82) is 0 Å². The molecule has 0 spiro atoms. The van der Waals surface area contributed by atoms with E-state index in [2.05, 4.69) is 4.72 Å². The van der Waals surface area contributed by atoms with E-state index in [9.17, 15) is 8.42 Å². The zero-order chi connectivity index (χ0) is 13.9. The molecule has 0 aromatic heterocycles. The number of halogens is 1. The Hall–Kier alpha value is -0.620. The first-order valence-electron chi connectivity index (χ1n) is 6.26. The van der Waals surface area contributed by atoms with E-state index in [4.69, 9.17) is 16.3 Å². The molecule has 1 unspecified atom stereocenters. The third-order valence-corrected chi connectivity index (χ3v) is 4.85. The molecule has 1 saturated carbocycles. The van der Waals surface area contributed by atoms with E-state index in [0.717, 1.165) is 18.4 Å². The van der Waals surface area contributed by atoms with Gasteiger partial charge in [-0.25, -0.2) is 13.1 Å². The summed E-state index contributed by atoms with van der Waals surface area (Å²) in [5, 5.41) is -0.234. The Bertz CT molecular complexity index is 528. The van der Waals surface area contributed by atoms with Gasteiger partial charge in [0, 0.05) is 13.2 Å². The van der Waals surface area contributed by atoms with Gasteiger partial charge < -0.3 is 4.74 Å². The number of methoxy groups -OCH3 is 1. The van der Waals surface area contributed by atoms with Gasteiger partial charge in [0.15, 0.2) is 0 Å². The van der Waals surface area contributed by atoms with Gasteiger partial charge >= 0.3 is 0 Å². The van der Waals surface area contributed by atoms with Crippen molar-refractivity contribution in [3.8, 4) is 0 Å². The van der Waals surface area contributed by atoms with Crippen LogP contribution in [0, 0.1) is 0 Å². The van der Waals surface area contributed by atoms with Gasteiger partial charge in [-0.1, -0.05) is 18.2 Å². The van der Waals surface area contributed by atoms with Gasteiger partial charge in [-0.3, -0.25) is 0 Å². The smallest absolute Gasteiger partial charge is 0.241 e. The maximum atomic E-state index is 12.3. The number of nitrogens with one attached hydrogen (secondary N) is 1. The van der Waals surface area contributed by atoms with Crippen LogP contribution in [0.4, 0.5) is 0 Å². The maximum Gasteiger partial charge on any atom is 0.241 e. The summed E-state index contributed by atoms with van der Waals surface area (Å²) in [5.41, 5.74) is 0.729. The van der Waals surface area contributed by atoms with Gasteiger partial charge in [0.05, 0.1) is 16.9 Å². The van der Waals surface area contributed by atoms with E-state index in [1.807, 2.05) is 6.07 Å². The Balaban J connectivity index is 2.19. The SMILES string of the molecule is COCC(Cl)Cc1ccccc1S(=O)(=O)NC1CC1. The van der Waals surface area contributed by atoms with Gasteiger partial charge in [-0.15, -0.1) is 11.6 Å². The minimum Gasteiger partial charge on any atom is -0.383 e. The molecule has 1 aliphatic carbocycles. The summed E-state index contributed by atoms with van der Waals surface area (Å²) in [7, 11) is -1.86. The van der Waals surface area contributed by atoms with E-state index < -0.39 is 10.0 Å². The lowest BCUT2D eigenvalue weighted by Crippen LogP contribution is -2.27. The van der Waals surface area contributed by atoms with Crippen molar-refractivity contribution >= 4 is 21.6 Å². The van der Waals surface area contributed by atoms with Gasteiger partial charge in [0.2, 0.25) is 10.0 Å².